The topological polar surface area (TPSA) is 9.23 Å². The number of halogens is 1. The van der Waals surface area contributed by atoms with Crippen LogP contribution >= 0.6 is 15.9 Å². The summed E-state index contributed by atoms with van der Waals surface area (Å²) in [4.78, 5) is 0. The SMILES string of the molecule is BrCCOc1ccc(/C=C/c2ccccc2)cc1. The molecule has 0 aromatic heterocycles. The minimum Gasteiger partial charge on any atom is -0.493 e. The molecule has 0 N–H and O–H groups in total. The molecule has 0 fully saturated rings. The Morgan fingerprint density at radius 1 is 0.833 bits per heavy atom. The van der Waals surface area contributed by atoms with Crippen molar-refractivity contribution in [1.82, 2.24) is 0 Å². The maximum atomic E-state index is 5.50. The fraction of sp³-hybridized carbons (Fsp3) is 0.125. The minimum absolute atomic E-state index is 0.694. The second kappa shape index (κ2) is 7.02. The van der Waals surface area contributed by atoms with Crippen LogP contribution in [0.4, 0.5) is 0 Å². The van der Waals surface area contributed by atoms with Crippen LogP contribution in [0.15, 0.2) is 54.6 Å². The van der Waals surface area contributed by atoms with Crippen LogP contribution in [-0.2, 0) is 0 Å². The first kappa shape index (κ1) is 12.9. The molecule has 0 aliphatic rings. The zero-order valence-corrected chi connectivity index (χ0v) is 11.6. The molecule has 2 heteroatoms. The van der Waals surface area contributed by atoms with Crippen LogP contribution in [0.1, 0.15) is 11.1 Å². The van der Waals surface area contributed by atoms with Gasteiger partial charge in [0.15, 0.2) is 0 Å². The zero-order chi connectivity index (χ0) is 12.6. The molecule has 0 aliphatic heterocycles. The van der Waals surface area contributed by atoms with Crippen LogP contribution in [0, 0.1) is 0 Å². The third-order valence-corrected chi connectivity index (χ3v) is 2.82. The first-order chi connectivity index (χ1) is 8.88. The van der Waals surface area contributed by atoms with E-state index in [-0.39, 0.29) is 0 Å². The van der Waals surface area contributed by atoms with Crippen molar-refractivity contribution < 1.29 is 4.74 Å². The molecule has 2 rings (SSSR count). The molecule has 18 heavy (non-hydrogen) atoms. The van der Waals surface area contributed by atoms with E-state index in [2.05, 4.69) is 52.3 Å². The molecule has 0 aliphatic carbocycles. The van der Waals surface area contributed by atoms with Gasteiger partial charge in [0.25, 0.3) is 0 Å². The Kier molecular flexibility index (Phi) is 5.03. The highest BCUT2D eigenvalue weighted by molar-refractivity contribution is 9.09. The molecule has 0 bridgehead atoms. The minimum atomic E-state index is 0.694. The van der Waals surface area contributed by atoms with Crippen molar-refractivity contribution in [2.45, 2.75) is 0 Å². The van der Waals surface area contributed by atoms with Gasteiger partial charge in [0.2, 0.25) is 0 Å². The molecule has 0 heterocycles. The van der Waals surface area contributed by atoms with Gasteiger partial charge in [-0.2, -0.15) is 0 Å². The molecular formula is C16H15BrO. The molecule has 0 amide bonds. The summed E-state index contributed by atoms with van der Waals surface area (Å²) in [7, 11) is 0. The smallest absolute Gasteiger partial charge is 0.119 e. The van der Waals surface area contributed by atoms with Crippen molar-refractivity contribution in [3.63, 3.8) is 0 Å². The van der Waals surface area contributed by atoms with Gasteiger partial charge >= 0.3 is 0 Å². The number of hydrogen-bond donors (Lipinski definition) is 0. The van der Waals surface area contributed by atoms with Crippen LogP contribution in [0.2, 0.25) is 0 Å². The normalized spacial score (nSPS) is 10.7. The molecule has 2 aromatic carbocycles. The van der Waals surface area contributed by atoms with Gasteiger partial charge in [-0.05, 0) is 23.3 Å². The van der Waals surface area contributed by atoms with Gasteiger partial charge in [-0.3, -0.25) is 0 Å². The van der Waals surface area contributed by atoms with E-state index in [4.69, 9.17) is 4.74 Å². The fourth-order valence-electron chi connectivity index (χ4n) is 1.59. The lowest BCUT2D eigenvalue weighted by atomic mass is 10.1. The summed E-state index contributed by atoms with van der Waals surface area (Å²) in [5, 5.41) is 0.850. The van der Waals surface area contributed by atoms with Crippen molar-refractivity contribution in [2.75, 3.05) is 11.9 Å². The van der Waals surface area contributed by atoms with E-state index in [0.29, 0.717) is 6.61 Å². The molecule has 0 atom stereocenters. The first-order valence-corrected chi connectivity index (χ1v) is 7.02. The summed E-state index contributed by atoms with van der Waals surface area (Å²) in [5.41, 5.74) is 2.38. The monoisotopic (exact) mass is 302 g/mol. The number of rotatable bonds is 5. The molecule has 0 radical (unpaired) electrons. The Morgan fingerprint density at radius 3 is 2.06 bits per heavy atom. The van der Waals surface area contributed by atoms with E-state index < -0.39 is 0 Å². The van der Waals surface area contributed by atoms with Crippen molar-refractivity contribution in [2.24, 2.45) is 0 Å². The van der Waals surface area contributed by atoms with Crippen LogP contribution < -0.4 is 4.74 Å². The maximum absolute atomic E-state index is 5.50. The van der Waals surface area contributed by atoms with Gasteiger partial charge in [0.1, 0.15) is 5.75 Å². The van der Waals surface area contributed by atoms with Gasteiger partial charge in [0, 0.05) is 5.33 Å². The average molecular weight is 303 g/mol. The van der Waals surface area contributed by atoms with Crippen LogP contribution in [0.5, 0.6) is 5.75 Å². The number of benzene rings is 2. The predicted octanol–water partition coefficient (Wildman–Crippen LogP) is 4.63. The molecule has 1 nitrogen and oxygen atoms in total. The summed E-state index contributed by atoms with van der Waals surface area (Å²) in [6.07, 6.45) is 4.21. The number of hydrogen-bond acceptors (Lipinski definition) is 1. The Hall–Kier alpha value is -1.54. The zero-order valence-electron chi connectivity index (χ0n) is 10.1. The van der Waals surface area contributed by atoms with Gasteiger partial charge < -0.3 is 4.74 Å². The van der Waals surface area contributed by atoms with Gasteiger partial charge in [-0.25, -0.2) is 0 Å². The first-order valence-electron chi connectivity index (χ1n) is 5.90. The van der Waals surface area contributed by atoms with Crippen molar-refractivity contribution in [3.05, 3.63) is 65.7 Å². The molecule has 0 saturated carbocycles. The Balaban J connectivity index is 2.00. The lowest BCUT2D eigenvalue weighted by Crippen LogP contribution is -1.97. The molecular weight excluding hydrogens is 288 g/mol. The van der Waals surface area contributed by atoms with Crippen LogP contribution in [-0.4, -0.2) is 11.9 Å². The van der Waals surface area contributed by atoms with E-state index >= 15 is 0 Å². The Morgan fingerprint density at radius 2 is 1.44 bits per heavy atom. The molecule has 92 valence electrons. The largest absolute Gasteiger partial charge is 0.493 e. The fourth-order valence-corrected chi connectivity index (χ4v) is 1.75. The predicted molar refractivity (Wildman–Crippen MR) is 81.1 cm³/mol. The standard InChI is InChI=1S/C16H15BrO/c17-12-13-18-16-10-8-15(9-11-16)7-6-14-4-2-1-3-5-14/h1-11H,12-13H2/b7-6+. The van der Waals surface area contributed by atoms with E-state index in [1.165, 1.54) is 11.1 Å². The van der Waals surface area contributed by atoms with Crippen molar-refractivity contribution >= 4 is 28.1 Å². The summed E-state index contributed by atoms with van der Waals surface area (Å²) in [6.45, 7) is 0.694. The highest BCUT2D eigenvalue weighted by Gasteiger charge is 1.92. The van der Waals surface area contributed by atoms with E-state index in [0.717, 1.165) is 11.1 Å². The lowest BCUT2D eigenvalue weighted by Gasteiger charge is -2.03. The molecule has 2 aromatic rings. The van der Waals surface area contributed by atoms with Gasteiger partial charge in [-0.15, -0.1) is 0 Å². The molecule has 0 saturated heterocycles. The van der Waals surface area contributed by atoms with Crippen LogP contribution in [0.3, 0.4) is 0 Å². The van der Waals surface area contributed by atoms with E-state index in [1.54, 1.807) is 0 Å². The average Bonchev–Trinajstić information content (AvgIpc) is 2.45. The third-order valence-electron chi connectivity index (χ3n) is 2.49. The third kappa shape index (κ3) is 4.04. The van der Waals surface area contributed by atoms with Crippen molar-refractivity contribution in [3.8, 4) is 5.75 Å². The lowest BCUT2D eigenvalue weighted by molar-refractivity contribution is 0.345. The number of ether oxygens (including phenoxy) is 1. The van der Waals surface area contributed by atoms with Crippen molar-refractivity contribution in [1.29, 1.82) is 0 Å². The van der Waals surface area contributed by atoms with E-state index in [1.807, 2.05) is 30.3 Å². The second-order valence-corrected chi connectivity index (χ2v) is 4.64. The summed E-state index contributed by atoms with van der Waals surface area (Å²) >= 11 is 3.34. The molecule has 0 spiro atoms. The highest BCUT2D eigenvalue weighted by atomic mass is 79.9. The summed E-state index contributed by atoms with van der Waals surface area (Å²) in [6, 6.07) is 18.4. The Bertz CT molecular complexity index is 488. The maximum Gasteiger partial charge on any atom is 0.119 e. The van der Waals surface area contributed by atoms with Gasteiger partial charge in [0.05, 0.1) is 6.61 Å². The molecule has 0 unspecified atom stereocenters. The summed E-state index contributed by atoms with van der Waals surface area (Å²) < 4.78 is 5.50. The second-order valence-electron chi connectivity index (χ2n) is 3.85. The van der Waals surface area contributed by atoms with Crippen LogP contribution in [0.25, 0.3) is 12.2 Å². The van der Waals surface area contributed by atoms with E-state index in [9.17, 15) is 0 Å². The quantitative estimate of drug-likeness (QED) is 0.578. The Labute approximate surface area is 116 Å². The number of alkyl halides is 1. The highest BCUT2D eigenvalue weighted by Crippen LogP contribution is 2.14. The summed E-state index contributed by atoms with van der Waals surface area (Å²) in [5.74, 6) is 0.909. The van der Waals surface area contributed by atoms with Gasteiger partial charge in [-0.1, -0.05) is 70.5 Å².